The second-order valence-corrected chi connectivity index (χ2v) is 7.21. The van der Waals surface area contributed by atoms with Crippen LogP contribution in [-0.2, 0) is 17.8 Å². The molecule has 0 saturated carbocycles. The minimum atomic E-state index is 0. The molecule has 1 aromatic heterocycles. The number of nitrogens with one attached hydrogen (secondary N) is 1. The molecule has 5 nitrogen and oxygen atoms in total. The first-order chi connectivity index (χ1) is 10.9. The van der Waals surface area contributed by atoms with Crippen molar-refractivity contribution in [1.29, 1.82) is 0 Å². The molecule has 1 aliphatic rings. The van der Waals surface area contributed by atoms with Crippen LogP contribution >= 0.6 is 12.4 Å². The highest BCUT2D eigenvalue weighted by atomic mass is 35.5. The van der Waals surface area contributed by atoms with Crippen LogP contribution in [0.15, 0.2) is 0 Å². The van der Waals surface area contributed by atoms with E-state index >= 15 is 0 Å². The fraction of sp³-hybridized carbons (Fsp3) is 0.778. The van der Waals surface area contributed by atoms with Crippen molar-refractivity contribution in [3.8, 4) is 0 Å². The number of halogens is 1. The zero-order valence-corrected chi connectivity index (χ0v) is 16.6. The highest BCUT2D eigenvalue weighted by Crippen LogP contribution is 2.18. The predicted molar refractivity (Wildman–Crippen MR) is 101 cm³/mol. The highest BCUT2D eigenvalue weighted by molar-refractivity contribution is 5.85. The molecular formula is C18H33ClN4O. The Hall–Kier alpha value is -1.07. The van der Waals surface area contributed by atoms with Gasteiger partial charge in [0.1, 0.15) is 0 Å². The fourth-order valence-corrected chi connectivity index (χ4v) is 3.43. The van der Waals surface area contributed by atoms with E-state index in [-0.39, 0.29) is 18.3 Å². The summed E-state index contributed by atoms with van der Waals surface area (Å²) in [6.45, 7) is 11.6. The molecule has 1 fully saturated rings. The molecule has 0 spiro atoms. The maximum Gasteiger partial charge on any atom is 0.222 e. The molecule has 0 aromatic carbocycles. The van der Waals surface area contributed by atoms with Crippen LogP contribution in [0.2, 0.25) is 0 Å². The monoisotopic (exact) mass is 356 g/mol. The summed E-state index contributed by atoms with van der Waals surface area (Å²) in [4.78, 5) is 14.5. The Morgan fingerprint density at radius 1 is 1.33 bits per heavy atom. The van der Waals surface area contributed by atoms with Crippen LogP contribution in [0.3, 0.4) is 0 Å². The third kappa shape index (κ3) is 5.21. The second-order valence-electron chi connectivity index (χ2n) is 7.21. The van der Waals surface area contributed by atoms with Crippen LogP contribution in [0.5, 0.6) is 0 Å². The molecule has 0 radical (unpaired) electrons. The lowest BCUT2D eigenvalue weighted by Crippen LogP contribution is -2.44. The summed E-state index contributed by atoms with van der Waals surface area (Å²) in [5.41, 5.74) is 3.53. The first-order valence-electron chi connectivity index (χ1n) is 8.89. The molecule has 138 valence electrons. The van der Waals surface area contributed by atoms with E-state index in [2.05, 4.69) is 42.8 Å². The second kappa shape index (κ2) is 9.42. The van der Waals surface area contributed by atoms with Crippen molar-refractivity contribution in [3.63, 3.8) is 0 Å². The zero-order chi connectivity index (χ0) is 17.0. The van der Waals surface area contributed by atoms with Gasteiger partial charge in [-0.1, -0.05) is 13.8 Å². The Bertz CT molecular complexity index is 535. The average molecular weight is 357 g/mol. The maximum atomic E-state index is 12.5. The third-order valence-corrected chi connectivity index (χ3v) is 4.91. The van der Waals surface area contributed by atoms with E-state index in [4.69, 9.17) is 0 Å². The van der Waals surface area contributed by atoms with Gasteiger partial charge in [0.15, 0.2) is 0 Å². The molecule has 0 atom stereocenters. The van der Waals surface area contributed by atoms with Gasteiger partial charge in [-0.15, -0.1) is 12.4 Å². The fourth-order valence-electron chi connectivity index (χ4n) is 3.43. The van der Waals surface area contributed by atoms with E-state index in [9.17, 15) is 4.79 Å². The van der Waals surface area contributed by atoms with Crippen molar-refractivity contribution in [2.45, 2.75) is 66.0 Å². The molecular weight excluding hydrogens is 324 g/mol. The quantitative estimate of drug-likeness (QED) is 0.852. The number of hydrogen-bond donors (Lipinski definition) is 1. The molecule has 0 unspecified atom stereocenters. The van der Waals surface area contributed by atoms with Gasteiger partial charge in [0.2, 0.25) is 5.91 Å². The molecule has 0 aliphatic carbocycles. The number of aromatic nitrogens is 2. The van der Waals surface area contributed by atoms with Gasteiger partial charge in [0.25, 0.3) is 0 Å². The molecule has 24 heavy (non-hydrogen) atoms. The average Bonchev–Trinajstić information content (AvgIpc) is 2.78. The topological polar surface area (TPSA) is 50.2 Å². The van der Waals surface area contributed by atoms with E-state index in [0.717, 1.165) is 44.6 Å². The molecule has 6 heteroatoms. The van der Waals surface area contributed by atoms with E-state index in [1.165, 1.54) is 11.3 Å². The van der Waals surface area contributed by atoms with Gasteiger partial charge in [-0.2, -0.15) is 5.10 Å². The SMILES string of the molecule is Cc1nn(CC(C)C)c(C)c1CCC(=O)N(C)C1CCNCC1.Cl. The van der Waals surface area contributed by atoms with Gasteiger partial charge in [-0.05, 0) is 57.7 Å². The summed E-state index contributed by atoms with van der Waals surface area (Å²) >= 11 is 0. The Morgan fingerprint density at radius 3 is 2.54 bits per heavy atom. The van der Waals surface area contributed by atoms with Crippen LogP contribution in [0.1, 0.15) is 50.1 Å². The first kappa shape index (κ1) is 21.0. The van der Waals surface area contributed by atoms with Crippen LogP contribution in [0.25, 0.3) is 0 Å². The lowest BCUT2D eigenvalue weighted by Gasteiger charge is -2.31. The minimum Gasteiger partial charge on any atom is -0.343 e. The molecule has 0 bridgehead atoms. The van der Waals surface area contributed by atoms with Crippen LogP contribution in [-0.4, -0.2) is 46.8 Å². The number of aryl methyl sites for hydroxylation is 1. The van der Waals surface area contributed by atoms with Crippen molar-refractivity contribution in [3.05, 3.63) is 17.0 Å². The van der Waals surface area contributed by atoms with Crippen molar-refractivity contribution < 1.29 is 4.79 Å². The molecule has 2 heterocycles. The van der Waals surface area contributed by atoms with Crippen LogP contribution < -0.4 is 5.32 Å². The smallest absolute Gasteiger partial charge is 0.222 e. The molecule has 1 saturated heterocycles. The summed E-state index contributed by atoms with van der Waals surface area (Å²) in [7, 11) is 1.96. The Kier molecular flexibility index (Phi) is 8.23. The first-order valence-corrected chi connectivity index (χ1v) is 8.89. The largest absolute Gasteiger partial charge is 0.343 e. The maximum absolute atomic E-state index is 12.5. The molecule has 2 rings (SSSR count). The number of hydrogen-bond acceptors (Lipinski definition) is 3. The number of rotatable bonds is 6. The summed E-state index contributed by atoms with van der Waals surface area (Å²) in [5.74, 6) is 0.834. The number of nitrogens with zero attached hydrogens (tertiary/aromatic N) is 3. The van der Waals surface area contributed by atoms with E-state index in [1.807, 2.05) is 11.9 Å². The lowest BCUT2D eigenvalue weighted by molar-refractivity contribution is -0.132. The number of carbonyl (C=O) groups excluding carboxylic acids is 1. The summed E-state index contributed by atoms with van der Waals surface area (Å²) < 4.78 is 2.09. The lowest BCUT2D eigenvalue weighted by atomic mass is 10.0. The van der Waals surface area contributed by atoms with E-state index < -0.39 is 0 Å². The molecule has 1 N–H and O–H groups in total. The van der Waals surface area contributed by atoms with Crippen molar-refractivity contribution in [1.82, 2.24) is 20.0 Å². The van der Waals surface area contributed by atoms with E-state index in [1.54, 1.807) is 0 Å². The molecule has 1 amide bonds. The van der Waals surface area contributed by atoms with Gasteiger partial charge in [0.05, 0.1) is 5.69 Å². The molecule has 1 aromatic rings. The Morgan fingerprint density at radius 2 is 1.96 bits per heavy atom. The molecule has 1 aliphatic heterocycles. The van der Waals surface area contributed by atoms with Gasteiger partial charge < -0.3 is 10.2 Å². The Labute approximate surface area is 152 Å². The van der Waals surface area contributed by atoms with Gasteiger partial charge >= 0.3 is 0 Å². The van der Waals surface area contributed by atoms with Crippen molar-refractivity contribution in [2.75, 3.05) is 20.1 Å². The predicted octanol–water partition coefficient (Wildman–Crippen LogP) is 2.72. The number of piperidine rings is 1. The minimum absolute atomic E-state index is 0. The number of amides is 1. The van der Waals surface area contributed by atoms with Crippen molar-refractivity contribution >= 4 is 18.3 Å². The summed E-state index contributed by atoms with van der Waals surface area (Å²) in [5, 5.41) is 8.00. The highest BCUT2D eigenvalue weighted by Gasteiger charge is 2.22. The zero-order valence-electron chi connectivity index (χ0n) is 15.8. The van der Waals surface area contributed by atoms with Gasteiger partial charge in [0, 0.05) is 31.7 Å². The van der Waals surface area contributed by atoms with Gasteiger partial charge in [-0.3, -0.25) is 9.48 Å². The van der Waals surface area contributed by atoms with Crippen LogP contribution in [0, 0.1) is 19.8 Å². The van der Waals surface area contributed by atoms with Crippen molar-refractivity contribution in [2.24, 2.45) is 5.92 Å². The number of carbonyl (C=O) groups is 1. The van der Waals surface area contributed by atoms with E-state index in [0.29, 0.717) is 18.4 Å². The third-order valence-electron chi connectivity index (χ3n) is 4.91. The van der Waals surface area contributed by atoms with Crippen LogP contribution in [0.4, 0.5) is 0 Å². The van der Waals surface area contributed by atoms with Gasteiger partial charge in [-0.25, -0.2) is 0 Å². The normalized spacial score (nSPS) is 15.4. The summed E-state index contributed by atoms with van der Waals surface area (Å²) in [6, 6.07) is 0.398. The summed E-state index contributed by atoms with van der Waals surface area (Å²) in [6.07, 6.45) is 3.50. The standard InChI is InChI=1S/C18H32N4O.ClH/c1-13(2)12-22-15(4)17(14(3)20-22)6-7-18(23)21(5)16-8-10-19-11-9-16;/h13,16,19H,6-12H2,1-5H3;1H. The Balaban J connectivity index is 0.00000288.